The third kappa shape index (κ3) is 3.61. The average molecular weight is 435 g/mol. The number of benzene rings is 2. The van der Waals surface area contributed by atoms with Crippen molar-refractivity contribution in [3.05, 3.63) is 98.3 Å². The van der Waals surface area contributed by atoms with E-state index in [9.17, 15) is 14.0 Å². The summed E-state index contributed by atoms with van der Waals surface area (Å²) in [7, 11) is 0. The molecule has 0 unspecified atom stereocenters. The number of amides is 1. The molecule has 1 aliphatic heterocycles. The van der Waals surface area contributed by atoms with Gasteiger partial charge < -0.3 is 14.5 Å². The van der Waals surface area contributed by atoms with Gasteiger partial charge in [0.1, 0.15) is 17.1 Å². The van der Waals surface area contributed by atoms with Crippen LogP contribution in [0.4, 0.5) is 4.39 Å². The van der Waals surface area contributed by atoms with Crippen LogP contribution in [0.3, 0.4) is 0 Å². The highest BCUT2D eigenvalue weighted by molar-refractivity contribution is 7.09. The molecule has 1 aliphatic rings. The molecule has 31 heavy (non-hydrogen) atoms. The smallest absolute Gasteiger partial charge is 0.344 e. The Balaban J connectivity index is 1.52. The van der Waals surface area contributed by atoms with Gasteiger partial charge in [0.15, 0.2) is 6.10 Å². The van der Waals surface area contributed by atoms with Crippen molar-refractivity contribution in [2.45, 2.75) is 18.4 Å². The zero-order chi connectivity index (χ0) is 21.4. The van der Waals surface area contributed by atoms with Crippen LogP contribution in [0.15, 0.2) is 75.3 Å². The minimum atomic E-state index is -0.961. The lowest BCUT2D eigenvalue weighted by Crippen LogP contribution is -2.41. The van der Waals surface area contributed by atoms with Crippen LogP contribution >= 0.6 is 11.3 Å². The Bertz CT molecular complexity index is 1300. The molecule has 0 bridgehead atoms. The third-order valence-corrected chi connectivity index (χ3v) is 6.33. The third-order valence-electron chi connectivity index (χ3n) is 5.40. The standard InChI is InChI=1S/C24H18FNO4S/c25-15-9-7-14(8-10-15)19-20-21(17-5-1-2-6-18(17)29-24(20)28)30-22(19)23(27)26-12-11-16-4-3-13-31-16/h1-10,13,19,22H,11-12H2,(H,26,27)/t19-,22+/m0/s1. The number of carbonyl (C=O) groups excluding carboxylic acids is 1. The summed E-state index contributed by atoms with van der Waals surface area (Å²) in [5.41, 5.74) is 0.727. The number of fused-ring (bicyclic) bond motifs is 3. The molecule has 4 aromatic rings. The van der Waals surface area contributed by atoms with Crippen LogP contribution in [0.25, 0.3) is 11.0 Å². The summed E-state index contributed by atoms with van der Waals surface area (Å²) in [6, 6.07) is 16.8. The van der Waals surface area contributed by atoms with Gasteiger partial charge in [-0.3, -0.25) is 4.79 Å². The van der Waals surface area contributed by atoms with E-state index < -0.39 is 23.5 Å². The first-order valence-corrected chi connectivity index (χ1v) is 10.8. The van der Waals surface area contributed by atoms with Crippen molar-refractivity contribution in [3.8, 4) is 5.75 Å². The predicted molar refractivity (Wildman–Crippen MR) is 116 cm³/mol. The normalized spacial score (nSPS) is 17.3. The molecule has 2 atom stereocenters. The molecule has 5 rings (SSSR count). The number of hydrogen-bond donors (Lipinski definition) is 1. The van der Waals surface area contributed by atoms with Crippen molar-refractivity contribution in [2.24, 2.45) is 0 Å². The van der Waals surface area contributed by atoms with Crippen LogP contribution < -0.4 is 15.7 Å². The van der Waals surface area contributed by atoms with Gasteiger partial charge in [0.05, 0.1) is 16.9 Å². The first-order valence-electron chi connectivity index (χ1n) is 9.90. The SMILES string of the molecule is O=C(NCCc1cccs1)[C@@H]1Oc2c(c(=O)oc3ccccc23)[C@@H]1c1ccc(F)cc1. The molecule has 156 valence electrons. The average Bonchev–Trinajstić information content (AvgIpc) is 3.43. The van der Waals surface area contributed by atoms with Crippen LogP contribution in [0.5, 0.6) is 5.75 Å². The van der Waals surface area contributed by atoms with Crippen molar-refractivity contribution in [3.63, 3.8) is 0 Å². The highest BCUT2D eigenvalue weighted by atomic mass is 32.1. The molecular formula is C24H18FNO4S. The highest BCUT2D eigenvalue weighted by Gasteiger charge is 2.44. The highest BCUT2D eigenvalue weighted by Crippen LogP contribution is 2.44. The van der Waals surface area contributed by atoms with Crippen LogP contribution in [0.1, 0.15) is 21.9 Å². The number of nitrogens with one attached hydrogen (secondary N) is 1. The molecule has 1 N–H and O–H groups in total. The number of thiophene rings is 1. The van der Waals surface area contributed by atoms with E-state index in [-0.39, 0.29) is 11.5 Å². The fourth-order valence-corrected chi connectivity index (χ4v) is 4.67. The number of para-hydroxylation sites is 1. The van der Waals surface area contributed by atoms with Gasteiger partial charge in [0, 0.05) is 11.4 Å². The molecular weight excluding hydrogens is 417 g/mol. The lowest BCUT2D eigenvalue weighted by Gasteiger charge is -2.18. The number of hydrogen-bond acceptors (Lipinski definition) is 5. The number of ether oxygens (including phenoxy) is 1. The Labute approximate surface area is 181 Å². The number of rotatable bonds is 5. The Hall–Kier alpha value is -3.45. The molecule has 3 heterocycles. The summed E-state index contributed by atoms with van der Waals surface area (Å²) in [4.78, 5) is 27.1. The second-order valence-corrected chi connectivity index (χ2v) is 8.35. The monoisotopic (exact) mass is 435 g/mol. The largest absolute Gasteiger partial charge is 0.478 e. The summed E-state index contributed by atoms with van der Waals surface area (Å²) in [6.45, 7) is 0.445. The molecule has 1 amide bonds. The Morgan fingerprint density at radius 1 is 1.06 bits per heavy atom. The van der Waals surface area contributed by atoms with Gasteiger partial charge in [-0.25, -0.2) is 9.18 Å². The van der Waals surface area contributed by atoms with Crippen LogP contribution in [0, 0.1) is 5.82 Å². The molecule has 0 spiro atoms. The fourth-order valence-electron chi connectivity index (χ4n) is 3.96. The Kier molecular flexibility index (Phi) is 5.03. The van der Waals surface area contributed by atoms with Crippen molar-refractivity contribution in [2.75, 3.05) is 6.54 Å². The molecule has 0 fully saturated rings. The van der Waals surface area contributed by atoms with Gasteiger partial charge in [-0.15, -0.1) is 11.3 Å². The topological polar surface area (TPSA) is 68.5 Å². The van der Waals surface area contributed by atoms with E-state index in [1.165, 1.54) is 12.1 Å². The molecule has 2 aromatic carbocycles. The minimum Gasteiger partial charge on any atom is -0.478 e. The van der Waals surface area contributed by atoms with E-state index in [2.05, 4.69) is 5.32 Å². The van der Waals surface area contributed by atoms with Crippen LogP contribution in [0.2, 0.25) is 0 Å². The van der Waals surface area contributed by atoms with Crippen LogP contribution in [-0.2, 0) is 11.2 Å². The van der Waals surface area contributed by atoms with Gasteiger partial charge >= 0.3 is 5.63 Å². The molecule has 0 radical (unpaired) electrons. The van der Waals surface area contributed by atoms with Crippen molar-refractivity contribution < 1.29 is 18.3 Å². The number of halogens is 1. The first-order chi connectivity index (χ1) is 15.1. The summed E-state index contributed by atoms with van der Waals surface area (Å²) in [6.07, 6.45) is -0.257. The van der Waals surface area contributed by atoms with Gasteiger partial charge in [0.25, 0.3) is 5.91 Å². The second kappa shape index (κ2) is 8.00. The first kappa shape index (κ1) is 19.5. The fraction of sp³-hybridized carbons (Fsp3) is 0.167. The maximum atomic E-state index is 13.5. The Morgan fingerprint density at radius 2 is 1.87 bits per heavy atom. The molecule has 7 heteroatoms. The van der Waals surface area contributed by atoms with E-state index in [1.807, 2.05) is 23.6 Å². The van der Waals surface area contributed by atoms with Crippen molar-refractivity contribution in [1.29, 1.82) is 0 Å². The van der Waals surface area contributed by atoms with Crippen molar-refractivity contribution >= 4 is 28.2 Å². The van der Waals surface area contributed by atoms with E-state index in [0.717, 1.165) is 4.88 Å². The quantitative estimate of drug-likeness (QED) is 0.476. The summed E-state index contributed by atoms with van der Waals surface area (Å²) in [5, 5.41) is 5.52. The lowest BCUT2D eigenvalue weighted by molar-refractivity contribution is -0.127. The van der Waals surface area contributed by atoms with E-state index in [0.29, 0.717) is 35.2 Å². The second-order valence-electron chi connectivity index (χ2n) is 7.32. The Morgan fingerprint density at radius 3 is 2.65 bits per heavy atom. The maximum Gasteiger partial charge on any atom is 0.344 e. The molecule has 2 aromatic heterocycles. The van der Waals surface area contributed by atoms with Gasteiger partial charge in [-0.1, -0.05) is 30.3 Å². The predicted octanol–water partition coefficient (Wildman–Crippen LogP) is 4.25. The lowest BCUT2D eigenvalue weighted by atomic mass is 9.88. The zero-order valence-corrected chi connectivity index (χ0v) is 17.2. The van der Waals surface area contributed by atoms with Gasteiger partial charge in [0.2, 0.25) is 0 Å². The molecule has 0 saturated heterocycles. The van der Waals surface area contributed by atoms with Gasteiger partial charge in [-0.2, -0.15) is 0 Å². The zero-order valence-electron chi connectivity index (χ0n) is 16.3. The maximum absolute atomic E-state index is 13.5. The summed E-state index contributed by atoms with van der Waals surface area (Å²) < 4.78 is 25.1. The summed E-state index contributed by atoms with van der Waals surface area (Å²) in [5.74, 6) is -1.08. The van der Waals surface area contributed by atoms with E-state index in [4.69, 9.17) is 9.15 Å². The molecule has 0 aliphatic carbocycles. The van der Waals surface area contributed by atoms with Gasteiger partial charge in [-0.05, 0) is 47.7 Å². The van der Waals surface area contributed by atoms with E-state index >= 15 is 0 Å². The van der Waals surface area contributed by atoms with E-state index in [1.54, 1.807) is 41.7 Å². The minimum absolute atomic E-state index is 0.281. The summed E-state index contributed by atoms with van der Waals surface area (Å²) >= 11 is 1.63. The molecule has 0 saturated carbocycles. The molecule has 5 nitrogen and oxygen atoms in total. The van der Waals surface area contributed by atoms with Crippen LogP contribution in [-0.4, -0.2) is 18.6 Å². The number of carbonyl (C=O) groups is 1. The van der Waals surface area contributed by atoms with Crippen molar-refractivity contribution in [1.82, 2.24) is 5.32 Å².